The van der Waals surface area contributed by atoms with Gasteiger partial charge in [0.1, 0.15) is 0 Å². The fraction of sp³-hybridized carbons (Fsp3) is 0.462. The number of carbonyl (C=O) groups is 1. The molecule has 0 amide bonds. The van der Waals surface area contributed by atoms with Crippen LogP contribution in [-0.4, -0.2) is 19.7 Å². The zero-order valence-corrected chi connectivity index (χ0v) is 9.81. The molecule has 16 heavy (non-hydrogen) atoms. The molecule has 0 aromatic heterocycles. The normalized spacial score (nSPS) is 12.1. The van der Waals surface area contributed by atoms with Crippen molar-refractivity contribution in [3.05, 3.63) is 35.9 Å². The minimum absolute atomic E-state index is 0.0365. The van der Waals surface area contributed by atoms with Crippen LogP contribution in [0.25, 0.3) is 0 Å². The molecule has 3 heteroatoms. The number of hydrogen-bond acceptors (Lipinski definition) is 3. The Morgan fingerprint density at radius 2 is 2.00 bits per heavy atom. The smallest absolute Gasteiger partial charge is 0.305 e. The van der Waals surface area contributed by atoms with Crippen molar-refractivity contribution in [2.75, 3.05) is 13.7 Å². The van der Waals surface area contributed by atoms with Gasteiger partial charge in [0, 0.05) is 13.5 Å². The monoisotopic (exact) mass is 222 g/mol. The number of carbonyl (C=O) groups excluding carboxylic acids is 1. The standard InChI is InChI=1S/C13H18O3/c1-3-16-13(14)10-9-12(15-2)11-7-5-4-6-8-11/h4-8,12H,3,9-10H2,1-2H3. The van der Waals surface area contributed by atoms with Crippen LogP contribution in [0, 0.1) is 0 Å². The Morgan fingerprint density at radius 3 is 2.56 bits per heavy atom. The summed E-state index contributed by atoms with van der Waals surface area (Å²) in [6.07, 6.45) is 1.01. The Labute approximate surface area is 96.4 Å². The van der Waals surface area contributed by atoms with Crippen molar-refractivity contribution in [3.63, 3.8) is 0 Å². The number of methoxy groups -OCH3 is 1. The van der Waals surface area contributed by atoms with Crippen LogP contribution in [0.5, 0.6) is 0 Å². The highest BCUT2D eigenvalue weighted by Crippen LogP contribution is 2.21. The first kappa shape index (κ1) is 12.7. The summed E-state index contributed by atoms with van der Waals surface area (Å²) in [5, 5.41) is 0. The molecule has 0 fully saturated rings. The maximum Gasteiger partial charge on any atom is 0.305 e. The first-order valence-corrected chi connectivity index (χ1v) is 5.51. The summed E-state index contributed by atoms with van der Waals surface area (Å²) in [6.45, 7) is 2.24. The number of rotatable bonds is 6. The minimum atomic E-state index is -0.166. The van der Waals surface area contributed by atoms with E-state index in [4.69, 9.17) is 9.47 Å². The van der Waals surface area contributed by atoms with Crippen LogP contribution in [0.3, 0.4) is 0 Å². The second kappa shape index (κ2) is 7.01. The molecule has 1 unspecified atom stereocenters. The molecule has 0 aliphatic rings. The summed E-state index contributed by atoms with van der Waals surface area (Å²) in [6, 6.07) is 9.89. The molecule has 0 bridgehead atoms. The third kappa shape index (κ3) is 4.03. The van der Waals surface area contributed by atoms with Gasteiger partial charge >= 0.3 is 5.97 Å². The van der Waals surface area contributed by atoms with Gasteiger partial charge in [-0.3, -0.25) is 4.79 Å². The Kier molecular flexibility index (Phi) is 5.57. The molecule has 88 valence electrons. The Morgan fingerprint density at radius 1 is 1.31 bits per heavy atom. The summed E-state index contributed by atoms with van der Waals surface area (Å²) in [5.74, 6) is -0.166. The molecule has 1 rings (SSSR count). The molecule has 0 aliphatic carbocycles. The summed E-state index contributed by atoms with van der Waals surface area (Å²) in [5.41, 5.74) is 1.09. The van der Waals surface area contributed by atoms with Crippen molar-refractivity contribution in [2.24, 2.45) is 0 Å². The molecular weight excluding hydrogens is 204 g/mol. The van der Waals surface area contributed by atoms with Gasteiger partial charge in [-0.05, 0) is 18.9 Å². The topological polar surface area (TPSA) is 35.5 Å². The minimum Gasteiger partial charge on any atom is -0.466 e. The van der Waals surface area contributed by atoms with E-state index in [1.54, 1.807) is 7.11 Å². The highest BCUT2D eigenvalue weighted by atomic mass is 16.5. The largest absolute Gasteiger partial charge is 0.466 e. The number of benzene rings is 1. The van der Waals surface area contributed by atoms with E-state index in [2.05, 4.69) is 0 Å². The van der Waals surface area contributed by atoms with E-state index in [9.17, 15) is 4.79 Å². The van der Waals surface area contributed by atoms with Crippen molar-refractivity contribution >= 4 is 5.97 Å². The number of ether oxygens (including phenoxy) is 2. The lowest BCUT2D eigenvalue weighted by atomic mass is 10.1. The molecule has 1 aromatic carbocycles. The zero-order valence-electron chi connectivity index (χ0n) is 9.81. The lowest BCUT2D eigenvalue weighted by Crippen LogP contribution is -2.08. The summed E-state index contributed by atoms with van der Waals surface area (Å²) >= 11 is 0. The molecule has 0 saturated carbocycles. The van der Waals surface area contributed by atoms with Gasteiger partial charge in [0.25, 0.3) is 0 Å². The van der Waals surface area contributed by atoms with E-state index in [0.29, 0.717) is 19.4 Å². The van der Waals surface area contributed by atoms with E-state index < -0.39 is 0 Å². The molecule has 0 spiro atoms. The van der Waals surface area contributed by atoms with Crippen LogP contribution >= 0.6 is 0 Å². The van der Waals surface area contributed by atoms with Crippen LogP contribution < -0.4 is 0 Å². The average Bonchev–Trinajstić information content (AvgIpc) is 2.31. The van der Waals surface area contributed by atoms with Gasteiger partial charge in [0.2, 0.25) is 0 Å². The van der Waals surface area contributed by atoms with Gasteiger partial charge in [0.15, 0.2) is 0 Å². The summed E-state index contributed by atoms with van der Waals surface area (Å²) < 4.78 is 10.2. The Hall–Kier alpha value is -1.35. The first-order valence-electron chi connectivity index (χ1n) is 5.51. The lowest BCUT2D eigenvalue weighted by molar-refractivity contribution is -0.143. The predicted octanol–water partition coefficient (Wildman–Crippen LogP) is 2.72. The zero-order chi connectivity index (χ0) is 11.8. The molecule has 0 N–H and O–H groups in total. The predicted molar refractivity (Wildman–Crippen MR) is 62.1 cm³/mol. The molecular formula is C13H18O3. The molecule has 0 aliphatic heterocycles. The number of esters is 1. The second-order valence-corrected chi connectivity index (χ2v) is 3.48. The van der Waals surface area contributed by atoms with E-state index >= 15 is 0 Å². The maximum atomic E-state index is 11.2. The van der Waals surface area contributed by atoms with Crippen LogP contribution in [0.15, 0.2) is 30.3 Å². The van der Waals surface area contributed by atoms with E-state index in [1.165, 1.54) is 0 Å². The maximum absolute atomic E-state index is 11.2. The second-order valence-electron chi connectivity index (χ2n) is 3.48. The molecule has 0 saturated heterocycles. The lowest BCUT2D eigenvalue weighted by Gasteiger charge is -2.14. The fourth-order valence-corrected chi connectivity index (χ4v) is 1.57. The Bertz CT molecular complexity index is 308. The van der Waals surface area contributed by atoms with Crippen molar-refractivity contribution in [1.29, 1.82) is 0 Å². The third-order valence-corrected chi connectivity index (χ3v) is 2.37. The molecule has 3 nitrogen and oxygen atoms in total. The fourth-order valence-electron chi connectivity index (χ4n) is 1.57. The van der Waals surface area contributed by atoms with E-state index in [-0.39, 0.29) is 12.1 Å². The van der Waals surface area contributed by atoms with Gasteiger partial charge in [-0.1, -0.05) is 30.3 Å². The van der Waals surface area contributed by atoms with E-state index in [0.717, 1.165) is 5.56 Å². The van der Waals surface area contributed by atoms with Gasteiger partial charge in [-0.2, -0.15) is 0 Å². The quantitative estimate of drug-likeness (QED) is 0.694. The molecule has 0 heterocycles. The Balaban J connectivity index is 2.47. The van der Waals surface area contributed by atoms with Crippen molar-refractivity contribution in [3.8, 4) is 0 Å². The molecule has 1 aromatic rings. The molecule has 0 radical (unpaired) electrons. The van der Waals surface area contributed by atoms with Gasteiger partial charge in [-0.25, -0.2) is 0 Å². The summed E-state index contributed by atoms with van der Waals surface area (Å²) in [7, 11) is 1.66. The van der Waals surface area contributed by atoms with Crippen molar-refractivity contribution in [2.45, 2.75) is 25.9 Å². The van der Waals surface area contributed by atoms with Crippen LogP contribution in [0.1, 0.15) is 31.4 Å². The number of hydrogen-bond donors (Lipinski definition) is 0. The average molecular weight is 222 g/mol. The van der Waals surface area contributed by atoms with Crippen LogP contribution in [0.2, 0.25) is 0 Å². The van der Waals surface area contributed by atoms with Crippen molar-refractivity contribution in [1.82, 2.24) is 0 Å². The van der Waals surface area contributed by atoms with Gasteiger partial charge in [-0.15, -0.1) is 0 Å². The van der Waals surface area contributed by atoms with Gasteiger partial charge in [0.05, 0.1) is 12.7 Å². The highest BCUT2D eigenvalue weighted by molar-refractivity contribution is 5.69. The first-order chi connectivity index (χ1) is 7.77. The molecule has 1 atom stereocenters. The SMILES string of the molecule is CCOC(=O)CCC(OC)c1ccccc1. The van der Waals surface area contributed by atoms with Crippen LogP contribution in [-0.2, 0) is 14.3 Å². The van der Waals surface area contributed by atoms with Crippen molar-refractivity contribution < 1.29 is 14.3 Å². The highest BCUT2D eigenvalue weighted by Gasteiger charge is 2.12. The van der Waals surface area contributed by atoms with Crippen LogP contribution in [0.4, 0.5) is 0 Å². The summed E-state index contributed by atoms with van der Waals surface area (Å²) in [4.78, 5) is 11.2. The van der Waals surface area contributed by atoms with E-state index in [1.807, 2.05) is 37.3 Å². The van der Waals surface area contributed by atoms with Gasteiger partial charge < -0.3 is 9.47 Å². The third-order valence-electron chi connectivity index (χ3n) is 2.37.